The van der Waals surface area contributed by atoms with Gasteiger partial charge in [0.15, 0.2) is 21.3 Å². The molecule has 0 atom stereocenters. The smallest absolute Gasteiger partial charge is 0.269 e. The van der Waals surface area contributed by atoms with Gasteiger partial charge < -0.3 is 9.47 Å². The average Bonchev–Trinajstić information content (AvgIpc) is 2.59. The van der Waals surface area contributed by atoms with Crippen LogP contribution >= 0.6 is 0 Å². The van der Waals surface area contributed by atoms with Crippen molar-refractivity contribution in [3.63, 3.8) is 0 Å². The lowest BCUT2D eigenvalue weighted by atomic mass is 10.2. The molecule has 152 valence electrons. The van der Waals surface area contributed by atoms with Crippen molar-refractivity contribution >= 4 is 21.7 Å². The van der Waals surface area contributed by atoms with Gasteiger partial charge in [0.1, 0.15) is 5.75 Å². The fourth-order valence-corrected chi connectivity index (χ4v) is 3.50. The third-order valence-corrected chi connectivity index (χ3v) is 5.13. The topological polar surface area (TPSA) is 111 Å². The third-order valence-electron chi connectivity index (χ3n) is 3.51. The molecule has 0 fully saturated rings. The molecule has 0 radical (unpaired) electrons. The summed E-state index contributed by atoms with van der Waals surface area (Å²) in [6.45, 7) is 5.70. The summed E-state index contributed by atoms with van der Waals surface area (Å²) < 4.78 is 34.4. The van der Waals surface area contributed by atoms with E-state index in [1.807, 2.05) is 20.8 Å². The van der Waals surface area contributed by atoms with Gasteiger partial charge in [-0.2, -0.15) is 0 Å². The standard InChI is InChI=1S/C18H28N2O6S/c1-5-6-7-10-27(23,24)12-17(21)19-20-18(22)14-8-9-15(26-13(2)3)16(11-14)25-4/h8-9,11,13H,5-7,10,12H2,1-4H3,(H,19,21)(H,20,22). The van der Waals surface area contributed by atoms with E-state index in [0.717, 1.165) is 12.8 Å². The fourth-order valence-electron chi connectivity index (χ4n) is 2.24. The minimum atomic E-state index is -3.49. The minimum Gasteiger partial charge on any atom is -0.493 e. The van der Waals surface area contributed by atoms with Crippen molar-refractivity contribution in [2.75, 3.05) is 18.6 Å². The van der Waals surface area contributed by atoms with E-state index >= 15 is 0 Å². The zero-order valence-electron chi connectivity index (χ0n) is 16.2. The van der Waals surface area contributed by atoms with E-state index in [1.54, 1.807) is 6.07 Å². The van der Waals surface area contributed by atoms with Crippen molar-refractivity contribution < 1.29 is 27.5 Å². The number of hydrazine groups is 1. The molecule has 1 aromatic carbocycles. The summed E-state index contributed by atoms with van der Waals surface area (Å²) in [4.78, 5) is 23.9. The predicted octanol–water partition coefficient (Wildman–Crippen LogP) is 1.85. The van der Waals surface area contributed by atoms with Crippen LogP contribution in [0.3, 0.4) is 0 Å². The van der Waals surface area contributed by atoms with Gasteiger partial charge in [-0.3, -0.25) is 20.4 Å². The molecule has 2 N–H and O–H groups in total. The molecule has 0 aliphatic carbocycles. The second-order valence-electron chi connectivity index (χ2n) is 6.33. The van der Waals surface area contributed by atoms with Crippen molar-refractivity contribution in [1.82, 2.24) is 10.9 Å². The number of sulfone groups is 1. The van der Waals surface area contributed by atoms with Crippen LogP contribution in [-0.4, -0.2) is 45.0 Å². The van der Waals surface area contributed by atoms with E-state index in [2.05, 4.69) is 10.9 Å². The number of unbranched alkanes of at least 4 members (excludes halogenated alkanes) is 2. The molecule has 0 unspecified atom stereocenters. The molecule has 2 amide bonds. The molecule has 1 aromatic rings. The first kappa shape index (κ1) is 22.8. The van der Waals surface area contributed by atoms with Crippen molar-refractivity contribution in [2.24, 2.45) is 0 Å². The average molecular weight is 400 g/mol. The van der Waals surface area contributed by atoms with E-state index < -0.39 is 27.4 Å². The monoisotopic (exact) mass is 400 g/mol. The maximum atomic E-state index is 12.2. The number of ether oxygens (including phenoxy) is 2. The maximum absolute atomic E-state index is 12.2. The van der Waals surface area contributed by atoms with E-state index in [4.69, 9.17) is 9.47 Å². The van der Waals surface area contributed by atoms with Gasteiger partial charge in [0.25, 0.3) is 11.8 Å². The summed E-state index contributed by atoms with van der Waals surface area (Å²) in [7, 11) is -2.04. The first-order valence-corrected chi connectivity index (χ1v) is 10.6. The highest BCUT2D eigenvalue weighted by atomic mass is 32.2. The number of nitrogens with one attached hydrogen (secondary N) is 2. The van der Waals surface area contributed by atoms with Crippen LogP contribution in [0.4, 0.5) is 0 Å². The number of benzene rings is 1. The largest absolute Gasteiger partial charge is 0.493 e. The Morgan fingerprint density at radius 3 is 2.41 bits per heavy atom. The number of rotatable bonds is 10. The first-order chi connectivity index (χ1) is 12.7. The molecular formula is C18H28N2O6S. The van der Waals surface area contributed by atoms with Crippen molar-refractivity contribution in [1.29, 1.82) is 0 Å². The Morgan fingerprint density at radius 1 is 1.11 bits per heavy atom. The van der Waals surface area contributed by atoms with Gasteiger partial charge in [0.05, 0.1) is 19.0 Å². The molecule has 0 spiro atoms. The van der Waals surface area contributed by atoms with Gasteiger partial charge in [-0.15, -0.1) is 0 Å². The quantitative estimate of drug-likeness (QED) is 0.458. The van der Waals surface area contributed by atoms with Gasteiger partial charge in [-0.1, -0.05) is 19.8 Å². The van der Waals surface area contributed by atoms with Crippen LogP contribution < -0.4 is 20.3 Å². The second kappa shape index (κ2) is 10.8. The van der Waals surface area contributed by atoms with Crippen LogP contribution in [0.5, 0.6) is 11.5 Å². The molecule has 27 heavy (non-hydrogen) atoms. The normalized spacial score (nSPS) is 11.1. The lowest BCUT2D eigenvalue weighted by Crippen LogP contribution is -2.44. The molecule has 0 aliphatic heterocycles. The molecule has 1 rings (SSSR count). The molecule has 0 saturated heterocycles. The Balaban J connectivity index is 2.62. The van der Waals surface area contributed by atoms with Crippen molar-refractivity contribution in [3.8, 4) is 11.5 Å². The molecule has 0 aromatic heterocycles. The molecule has 8 nitrogen and oxygen atoms in total. The van der Waals surface area contributed by atoms with Gasteiger partial charge in [-0.25, -0.2) is 8.42 Å². The lowest BCUT2D eigenvalue weighted by molar-refractivity contribution is -0.119. The third kappa shape index (κ3) is 8.29. The Bertz CT molecular complexity index is 746. The Labute approximate surface area is 160 Å². The molecule has 0 bridgehead atoms. The number of hydrogen-bond acceptors (Lipinski definition) is 6. The SMILES string of the molecule is CCCCCS(=O)(=O)CC(=O)NNC(=O)c1ccc(OC(C)C)c(OC)c1. The van der Waals surface area contributed by atoms with Crippen LogP contribution in [0.15, 0.2) is 18.2 Å². The molecule has 0 aliphatic rings. The zero-order chi connectivity index (χ0) is 20.4. The van der Waals surface area contributed by atoms with E-state index in [9.17, 15) is 18.0 Å². The van der Waals surface area contributed by atoms with Crippen molar-refractivity contribution in [2.45, 2.75) is 46.1 Å². The van der Waals surface area contributed by atoms with Crippen LogP contribution in [-0.2, 0) is 14.6 Å². The lowest BCUT2D eigenvalue weighted by Gasteiger charge is -2.14. The van der Waals surface area contributed by atoms with Crippen LogP contribution in [0.2, 0.25) is 0 Å². The van der Waals surface area contributed by atoms with E-state index in [0.29, 0.717) is 17.9 Å². The first-order valence-electron chi connectivity index (χ1n) is 8.82. The van der Waals surface area contributed by atoms with E-state index in [-0.39, 0.29) is 17.4 Å². The highest BCUT2D eigenvalue weighted by molar-refractivity contribution is 7.92. The zero-order valence-corrected chi connectivity index (χ0v) is 17.0. The van der Waals surface area contributed by atoms with Crippen LogP contribution in [0.1, 0.15) is 50.4 Å². The summed E-state index contributed by atoms with van der Waals surface area (Å²) in [6.07, 6.45) is 2.14. The summed E-state index contributed by atoms with van der Waals surface area (Å²) in [6, 6.07) is 4.58. The number of methoxy groups -OCH3 is 1. The summed E-state index contributed by atoms with van der Waals surface area (Å²) in [5, 5.41) is 0. The summed E-state index contributed by atoms with van der Waals surface area (Å²) >= 11 is 0. The van der Waals surface area contributed by atoms with Gasteiger partial charge in [-0.05, 0) is 38.5 Å². The molecule has 0 saturated carbocycles. The molecule has 9 heteroatoms. The highest BCUT2D eigenvalue weighted by Gasteiger charge is 2.17. The van der Waals surface area contributed by atoms with Crippen LogP contribution in [0, 0.1) is 0 Å². The Hall–Kier alpha value is -2.29. The highest BCUT2D eigenvalue weighted by Crippen LogP contribution is 2.28. The minimum absolute atomic E-state index is 0.0449. The van der Waals surface area contributed by atoms with Gasteiger partial charge in [0, 0.05) is 5.56 Å². The molecule has 0 heterocycles. The number of carbonyl (C=O) groups is 2. The Morgan fingerprint density at radius 2 is 1.81 bits per heavy atom. The van der Waals surface area contributed by atoms with Crippen LogP contribution in [0.25, 0.3) is 0 Å². The summed E-state index contributed by atoms with van der Waals surface area (Å²) in [5.74, 6) is -1.22. The number of hydrogen-bond donors (Lipinski definition) is 2. The Kier molecular flexibility index (Phi) is 9.07. The molecular weight excluding hydrogens is 372 g/mol. The van der Waals surface area contributed by atoms with E-state index in [1.165, 1.54) is 19.2 Å². The van der Waals surface area contributed by atoms with Gasteiger partial charge in [0.2, 0.25) is 0 Å². The second-order valence-corrected chi connectivity index (χ2v) is 8.52. The fraction of sp³-hybridized carbons (Fsp3) is 0.556. The predicted molar refractivity (Wildman–Crippen MR) is 103 cm³/mol. The summed E-state index contributed by atoms with van der Waals surface area (Å²) in [5.41, 5.74) is 4.55. The van der Waals surface area contributed by atoms with Gasteiger partial charge >= 0.3 is 0 Å². The number of carbonyl (C=O) groups excluding carboxylic acids is 2. The maximum Gasteiger partial charge on any atom is 0.269 e. The van der Waals surface area contributed by atoms with Crippen molar-refractivity contribution in [3.05, 3.63) is 23.8 Å². The number of amides is 2.